The zero-order chi connectivity index (χ0) is 14.9. The molecule has 0 heterocycles. The highest BCUT2D eigenvalue weighted by molar-refractivity contribution is 5.95. The van der Waals surface area contributed by atoms with Crippen molar-refractivity contribution in [2.45, 2.75) is 27.2 Å². The summed E-state index contributed by atoms with van der Waals surface area (Å²) in [5.41, 5.74) is 2.32. The molecule has 0 radical (unpaired) electrons. The molecule has 1 aromatic rings. The minimum atomic E-state index is -0.276. The molecule has 0 N–H and O–H groups in total. The normalized spacial score (nSPS) is 18.4. The number of halogens is 1. The number of carbonyl (C=O) groups is 1. The van der Waals surface area contributed by atoms with Gasteiger partial charge in [-0.15, -0.1) is 0 Å². The molecule has 0 saturated heterocycles. The van der Waals surface area contributed by atoms with Gasteiger partial charge in [-0.25, -0.2) is 4.39 Å². The Morgan fingerprint density at radius 1 is 1.40 bits per heavy atom. The van der Waals surface area contributed by atoms with E-state index in [-0.39, 0.29) is 17.5 Å². The summed E-state index contributed by atoms with van der Waals surface area (Å²) in [5.74, 6) is 0.489. The Bertz CT molecular complexity index is 612. The first kappa shape index (κ1) is 14.5. The van der Waals surface area contributed by atoms with Gasteiger partial charge < -0.3 is 4.74 Å². The summed E-state index contributed by atoms with van der Waals surface area (Å²) in [6.07, 6.45) is 4.72. The van der Waals surface area contributed by atoms with Crippen molar-refractivity contribution in [3.63, 3.8) is 0 Å². The van der Waals surface area contributed by atoms with Crippen molar-refractivity contribution in [2.24, 2.45) is 5.92 Å². The molecule has 2 nitrogen and oxygen atoms in total. The summed E-state index contributed by atoms with van der Waals surface area (Å²) in [5, 5.41) is 0. The van der Waals surface area contributed by atoms with Gasteiger partial charge in [-0.2, -0.15) is 0 Å². The topological polar surface area (TPSA) is 26.3 Å². The van der Waals surface area contributed by atoms with Crippen LogP contribution in [0, 0.1) is 18.7 Å². The molecule has 0 aromatic heterocycles. The Kier molecular flexibility index (Phi) is 4.07. The Morgan fingerprint density at radius 3 is 2.70 bits per heavy atom. The molecule has 0 bridgehead atoms. The lowest BCUT2D eigenvalue weighted by molar-refractivity contribution is 0.101. The molecule has 106 valence electrons. The Labute approximate surface area is 119 Å². The van der Waals surface area contributed by atoms with Gasteiger partial charge in [0.15, 0.2) is 5.78 Å². The van der Waals surface area contributed by atoms with Gasteiger partial charge in [0.1, 0.15) is 11.6 Å². The van der Waals surface area contributed by atoms with Gasteiger partial charge in [0.05, 0.1) is 7.11 Å². The first-order valence-corrected chi connectivity index (χ1v) is 6.71. The number of methoxy groups -OCH3 is 1. The fraction of sp³-hybridized carbons (Fsp3) is 0.353. The monoisotopic (exact) mass is 274 g/mol. The molecule has 1 atom stereocenters. The van der Waals surface area contributed by atoms with E-state index in [0.717, 1.165) is 12.0 Å². The van der Waals surface area contributed by atoms with E-state index in [0.29, 0.717) is 22.4 Å². The highest BCUT2D eigenvalue weighted by Crippen LogP contribution is 2.36. The Hall–Kier alpha value is -1.90. The summed E-state index contributed by atoms with van der Waals surface area (Å²) in [7, 11) is 1.58. The lowest BCUT2D eigenvalue weighted by atomic mass is 9.85. The molecule has 0 amide bonds. The maximum Gasteiger partial charge on any atom is 0.159 e. The molecule has 1 unspecified atom stereocenters. The predicted octanol–water partition coefficient (Wildman–Crippen LogP) is 4.29. The van der Waals surface area contributed by atoms with Crippen molar-refractivity contribution in [1.29, 1.82) is 0 Å². The number of rotatable bonds is 3. The molecule has 1 aliphatic rings. The zero-order valence-corrected chi connectivity index (χ0v) is 12.3. The molecular formula is C17H19FO2. The van der Waals surface area contributed by atoms with Crippen molar-refractivity contribution in [2.75, 3.05) is 7.11 Å². The molecule has 20 heavy (non-hydrogen) atoms. The molecule has 0 aliphatic heterocycles. The van der Waals surface area contributed by atoms with Crippen LogP contribution in [0.25, 0.3) is 5.57 Å². The standard InChI is InChI=1S/C17H19FO2/c1-10-6-5-7-15(20-4)16(10)14-9-13(12(3)19)8-11(2)17(14)18/h5,7-10H,6H2,1-4H3. The Balaban J connectivity index is 2.70. The van der Waals surface area contributed by atoms with Crippen molar-refractivity contribution < 1.29 is 13.9 Å². The smallest absolute Gasteiger partial charge is 0.159 e. The largest absolute Gasteiger partial charge is 0.496 e. The maximum absolute atomic E-state index is 14.5. The van der Waals surface area contributed by atoms with Crippen LogP contribution in [0.2, 0.25) is 0 Å². The summed E-state index contributed by atoms with van der Waals surface area (Å²) in [6, 6.07) is 3.23. The second-order valence-corrected chi connectivity index (χ2v) is 5.23. The molecule has 1 aliphatic carbocycles. The van der Waals surface area contributed by atoms with Crippen LogP contribution in [0.15, 0.2) is 30.0 Å². The van der Waals surface area contributed by atoms with Crippen LogP contribution in [-0.4, -0.2) is 12.9 Å². The van der Waals surface area contributed by atoms with Crippen molar-refractivity contribution in [1.82, 2.24) is 0 Å². The van der Waals surface area contributed by atoms with Crippen LogP contribution in [-0.2, 0) is 4.74 Å². The van der Waals surface area contributed by atoms with Crippen LogP contribution in [0.3, 0.4) is 0 Å². The first-order chi connectivity index (χ1) is 9.45. The fourth-order valence-corrected chi connectivity index (χ4v) is 2.57. The van der Waals surface area contributed by atoms with E-state index < -0.39 is 0 Å². The molecule has 0 spiro atoms. The quantitative estimate of drug-likeness (QED) is 0.768. The maximum atomic E-state index is 14.5. The Morgan fingerprint density at radius 2 is 2.10 bits per heavy atom. The number of carbonyl (C=O) groups excluding carboxylic acids is 1. The van der Waals surface area contributed by atoms with Gasteiger partial charge in [0.25, 0.3) is 0 Å². The van der Waals surface area contributed by atoms with E-state index in [1.807, 2.05) is 19.1 Å². The summed E-state index contributed by atoms with van der Waals surface area (Å²) in [4.78, 5) is 11.6. The fourth-order valence-electron chi connectivity index (χ4n) is 2.57. The number of hydrogen-bond acceptors (Lipinski definition) is 2. The van der Waals surface area contributed by atoms with E-state index >= 15 is 0 Å². The third kappa shape index (κ3) is 2.53. The number of allylic oxidation sites excluding steroid dienone is 3. The van der Waals surface area contributed by atoms with Crippen molar-refractivity contribution in [3.8, 4) is 0 Å². The third-order valence-corrected chi connectivity index (χ3v) is 3.69. The zero-order valence-electron chi connectivity index (χ0n) is 12.3. The van der Waals surface area contributed by atoms with Gasteiger partial charge in [0, 0.05) is 16.7 Å². The second-order valence-electron chi connectivity index (χ2n) is 5.23. The van der Waals surface area contributed by atoms with Crippen LogP contribution < -0.4 is 0 Å². The van der Waals surface area contributed by atoms with E-state index in [2.05, 4.69) is 0 Å². The minimum absolute atomic E-state index is 0.0621. The van der Waals surface area contributed by atoms with Crippen molar-refractivity contribution >= 4 is 11.4 Å². The van der Waals surface area contributed by atoms with Gasteiger partial charge in [-0.05, 0) is 50.0 Å². The van der Waals surface area contributed by atoms with E-state index in [1.54, 1.807) is 26.2 Å². The number of benzene rings is 1. The van der Waals surface area contributed by atoms with Crippen LogP contribution in [0.5, 0.6) is 0 Å². The minimum Gasteiger partial charge on any atom is -0.496 e. The van der Waals surface area contributed by atoms with Crippen LogP contribution >= 0.6 is 0 Å². The average molecular weight is 274 g/mol. The van der Waals surface area contributed by atoms with Gasteiger partial charge in [-0.1, -0.05) is 13.0 Å². The summed E-state index contributed by atoms with van der Waals surface area (Å²) < 4.78 is 19.9. The number of Topliss-reactive ketones (excluding diaryl/α,β-unsaturated/α-hetero) is 1. The molecule has 1 aromatic carbocycles. The highest BCUT2D eigenvalue weighted by Gasteiger charge is 2.23. The lowest BCUT2D eigenvalue weighted by Gasteiger charge is -2.23. The SMILES string of the molecule is COC1=C(c2cc(C(C)=O)cc(C)c2F)C(C)CC=C1. The van der Waals surface area contributed by atoms with Gasteiger partial charge in [-0.3, -0.25) is 4.79 Å². The average Bonchev–Trinajstić information content (AvgIpc) is 2.41. The van der Waals surface area contributed by atoms with E-state index in [1.165, 1.54) is 6.92 Å². The molecular weight excluding hydrogens is 255 g/mol. The van der Waals surface area contributed by atoms with Gasteiger partial charge in [0.2, 0.25) is 0 Å². The van der Waals surface area contributed by atoms with Crippen LogP contribution in [0.4, 0.5) is 4.39 Å². The van der Waals surface area contributed by atoms with Gasteiger partial charge >= 0.3 is 0 Å². The van der Waals surface area contributed by atoms with E-state index in [4.69, 9.17) is 4.74 Å². The number of ether oxygens (including phenoxy) is 1. The first-order valence-electron chi connectivity index (χ1n) is 6.71. The molecule has 3 heteroatoms. The lowest BCUT2D eigenvalue weighted by Crippen LogP contribution is -2.10. The molecule has 0 saturated carbocycles. The molecule has 2 rings (SSSR count). The summed E-state index contributed by atoms with van der Waals surface area (Å²) >= 11 is 0. The predicted molar refractivity (Wildman–Crippen MR) is 78.0 cm³/mol. The van der Waals surface area contributed by atoms with Crippen molar-refractivity contribution in [3.05, 3.63) is 52.6 Å². The number of aryl methyl sites for hydroxylation is 1. The third-order valence-electron chi connectivity index (χ3n) is 3.69. The summed E-state index contributed by atoms with van der Waals surface area (Å²) in [6.45, 7) is 5.21. The number of ketones is 1. The van der Waals surface area contributed by atoms with E-state index in [9.17, 15) is 9.18 Å². The molecule has 0 fully saturated rings. The number of hydrogen-bond donors (Lipinski definition) is 0. The van der Waals surface area contributed by atoms with Crippen LogP contribution in [0.1, 0.15) is 41.8 Å². The highest BCUT2D eigenvalue weighted by atomic mass is 19.1. The second kappa shape index (κ2) is 5.61.